The number of hydrogen-bond acceptors (Lipinski definition) is 7. The van der Waals surface area contributed by atoms with Gasteiger partial charge in [0, 0.05) is 22.2 Å². The van der Waals surface area contributed by atoms with Crippen LogP contribution in [0.2, 0.25) is 0 Å². The summed E-state index contributed by atoms with van der Waals surface area (Å²) in [5, 5.41) is 24.6. The SMILES string of the molecule is O=C([O-])CC(Nc1ncnc2ccc(Br)cc12)C(=O)[O-]. The van der Waals surface area contributed by atoms with Crippen LogP contribution in [0.25, 0.3) is 10.9 Å². The van der Waals surface area contributed by atoms with Gasteiger partial charge in [0.15, 0.2) is 0 Å². The number of anilines is 1. The summed E-state index contributed by atoms with van der Waals surface area (Å²) in [4.78, 5) is 29.4. The first-order valence-electron chi connectivity index (χ1n) is 5.55. The lowest BCUT2D eigenvalue weighted by molar-refractivity contribution is -0.316. The number of nitrogens with one attached hydrogen (secondary N) is 1. The van der Waals surface area contributed by atoms with Crippen LogP contribution in [0.1, 0.15) is 6.42 Å². The van der Waals surface area contributed by atoms with Crippen molar-refractivity contribution in [2.24, 2.45) is 0 Å². The number of rotatable bonds is 5. The van der Waals surface area contributed by atoms with Crippen LogP contribution < -0.4 is 15.5 Å². The summed E-state index contributed by atoms with van der Waals surface area (Å²) in [6.07, 6.45) is 0.533. The lowest BCUT2D eigenvalue weighted by Crippen LogP contribution is -2.44. The van der Waals surface area contributed by atoms with Crippen LogP contribution in [-0.2, 0) is 9.59 Å². The van der Waals surface area contributed by atoms with Gasteiger partial charge in [0.05, 0.1) is 17.5 Å². The quantitative estimate of drug-likeness (QED) is 0.748. The van der Waals surface area contributed by atoms with Gasteiger partial charge < -0.3 is 25.1 Å². The zero-order valence-electron chi connectivity index (χ0n) is 10.00. The van der Waals surface area contributed by atoms with Gasteiger partial charge in [-0.2, -0.15) is 0 Å². The van der Waals surface area contributed by atoms with E-state index in [2.05, 4.69) is 31.2 Å². The van der Waals surface area contributed by atoms with Gasteiger partial charge in [0.25, 0.3) is 0 Å². The topological polar surface area (TPSA) is 118 Å². The second-order valence-corrected chi connectivity index (χ2v) is 4.89. The first kappa shape index (κ1) is 14.2. The lowest BCUT2D eigenvalue weighted by Gasteiger charge is -2.21. The van der Waals surface area contributed by atoms with Crippen LogP contribution in [0, 0.1) is 0 Å². The van der Waals surface area contributed by atoms with Crippen LogP contribution in [0.15, 0.2) is 29.0 Å². The largest absolute Gasteiger partial charge is 0.550 e. The van der Waals surface area contributed by atoms with Gasteiger partial charge in [-0.05, 0) is 18.2 Å². The normalized spacial score (nSPS) is 12.1. The van der Waals surface area contributed by atoms with E-state index in [-0.39, 0.29) is 5.82 Å². The third-order valence-electron chi connectivity index (χ3n) is 2.56. The highest BCUT2D eigenvalue weighted by atomic mass is 79.9. The highest BCUT2D eigenvalue weighted by molar-refractivity contribution is 9.10. The summed E-state index contributed by atoms with van der Waals surface area (Å²) in [6, 6.07) is 3.76. The fraction of sp³-hybridized carbons (Fsp3) is 0.167. The third kappa shape index (κ3) is 3.21. The zero-order valence-corrected chi connectivity index (χ0v) is 11.6. The van der Waals surface area contributed by atoms with Crippen molar-refractivity contribution in [3.05, 3.63) is 29.0 Å². The van der Waals surface area contributed by atoms with E-state index in [1.54, 1.807) is 18.2 Å². The molecule has 0 saturated carbocycles. The molecule has 1 N–H and O–H groups in total. The molecule has 0 bridgehead atoms. The molecule has 1 atom stereocenters. The maximum atomic E-state index is 10.9. The minimum absolute atomic E-state index is 0.215. The van der Waals surface area contributed by atoms with Crippen LogP contribution in [0.5, 0.6) is 0 Å². The summed E-state index contributed by atoms with van der Waals surface area (Å²) in [7, 11) is 0. The molecule has 0 saturated heterocycles. The molecular formula is C12H8BrN3O4-2. The predicted octanol–water partition coefficient (Wildman–Crippen LogP) is -0.937. The van der Waals surface area contributed by atoms with Crippen molar-refractivity contribution in [1.82, 2.24) is 9.97 Å². The lowest BCUT2D eigenvalue weighted by atomic mass is 10.2. The van der Waals surface area contributed by atoms with Gasteiger partial charge in [0.2, 0.25) is 0 Å². The molecular weight excluding hydrogens is 330 g/mol. The Hall–Kier alpha value is -2.22. The molecule has 20 heavy (non-hydrogen) atoms. The van der Waals surface area contributed by atoms with Gasteiger partial charge in [-0.1, -0.05) is 15.9 Å². The van der Waals surface area contributed by atoms with Gasteiger partial charge in [0.1, 0.15) is 12.1 Å². The highest BCUT2D eigenvalue weighted by Crippen LogP contribution is 2.23. The number of carbonyl (C=O) groups excluding carboxylic acids is 2. The van der Waals surface area contributed by atoms with E-state index >= 15 is 0 Å². The Bertz CT molecular complexity index is 677. The molecule has 8 heteroatoms. The Morgan fingerprint density at radius 3 is 2.70 bits per heavy atom. The number of carbonyl (C=O) groups is 2. The number of hydrogen-bond donors (Lipinski definition) is 1. The standard InChI is InChI=1S/C12H10BrN3O4/c13-6-1-2-8-7(3-6)11(15-5-14-8)16-9(12(19)20)4-10(17)18/h1-3,5,9H,4H2,(H,17,18)(H,19,20)(H,14,15,16)/p-2. The van der Waals surface area contributed by atoms with Gasteiger partial charge in [-0.25, -0.2) is 9.97 Å². The van der Waals surface area contributed by atoms with Crippen LogP contribution in [0.4, 0.5) is 5.82 Å². The summed E-state index contributed by atoms with van der Waals surface area (Å²) >= 11 is 3.29. The Morgan fingerprint density at radius 2 is 2.05 bits per heavy atom. The van der Waals surface area contributed by atoms with Crippen molar-refractivity contribution in [3.8, 4) is 0 Å². The molecule has 0 fully saturated rings. The van der Waals surface area contributed by atoms with E-state index < -0.39 is 24.4 Å². The Kier molecular flexibility index (Phi) is 4.14. The Balaban J connectivity index is 2.39. The monoisotopic (exact) mass is 337 g/mol. The molecule has 0 aliphatic carbocycles. The number of carboxylic acids is 2. The maximum Gasteiger partial charge on any atom is 0.137 e. The van der Waals surface area contributed by atoms with Crippen molar-refractivity contribution in [1.29, 1.82) is 0 Å². The first-order chi connectivity index (χ1) is 9.47. The summed E-state index contributed by atoms with van der Waals surface area (Å²) < 4.78 is 0.757. The first-order valence-corrected chi connectivity index (χ1v) is 6.34. The molecule has 1 unspecified atom stereocenters. The number of aliphatic carboxylic acids is 2. The molecule has 0 spiro atoms. The highest BCUT2D eigenvalue weighted by Gasteiger charge is 2.13. The van der Waals surface area contributed by atoms with Gasteiger partial charge in [-0.3, -0.25) is 0 Å². The van der Waals surface area contributed by atoms with Crippen LogP contribution in [-0.4, -0.2) is 27.9 Å². The second-order valence-electron chi connectivity index (χ2n) is 3.98. The zero-order chi connectivity index (χ0) is 14.7. The minimum atomic E-state index is -1.55. The molecule has 1 heterocycles. The number of halogens is 1. The van der Waals surface area contributed by atoms with E-state index in [1.165, 1.54) is 6.33 Å². The van der Waals surface area contributed by atoms with E-state index in [0.717, 1.165) is 4.47 Å². The molecule has 0 amide bonds. The Labute approximate surface area is 121 Å². The third-order valence-corrected chi connectivity index (χ3v) is 3.06. The van der Waals surface area contributed by atoms with Crippen molar-refractivity contribution >= 4 is 44.6 Å². The van der Waals surface area contributed by atoms with Gasteiger partial charge in [-0.15, -0.1) is 0 Å². The van der Waals surface area contributed by atoms with Crippen LogP contribution in [0.3, 0.4) is 0 Å². The smallest absolute Gasteiger partial charge is 0.137 e. The van der Waals surface area contributed by atoms with Crippen LogP contribution >= 0.6 is 15.9 Å². The van der Waals surface area contributed by atoms with E-state index in [9.17, 15) is 19.8 Å². The number of benzene rings is 1. The number of nitrogens with zero attached hydrogens (tertiary/aromatic N) is 2. The van der Waals surface area contributed by atoms with E-state index in [1.807, 2.05) is 0 Å². The molecule has 7 nitrogen and oxygen atoms in total. The molecule has 0 aliphatic heterocycles. The van der Waals surface area contributed by atoms with Crippen molar-refractivity contribution in [3.63, 3.8) is 0 Å². The predicted molar refractivity (Wildman–Crippen MR) is 69.3 cm³/mol. The minimum Gasteiger partial charge on any atom is -0.550 e. The molecule has 2 aromatic rings. The number of fused-ring (bicyclic) bond motifs is 1. The van der Waals surface area contributed by atoms with E-state index in [0.29, 0.717) is 10.9 Å². The van der Waals surface area contributed by atoms with Gasteiger partial charge >= 0.3 is 0 Å². The van der Waals surface area contributed by atoms with Crippen molar-refractivity contribution < 1.29 is 19.8 Å². The molecule has 0 aliphatic rings. The average molecular weight is 338 g/mol. The number of carboxylic acid groups (broad SMARTS) is 2. The second kappa shape index (κ2) is 5.83. The van der Waals surface area contributed by atoms with E-state index in [4.69, 9.17) is 0 Å². The molecule has 2 rings (SSSR count). The fourth-order valence-corrected chi connectivity index (χ4v) is 2.03. The average Bonchev–Trinajstić information content (AvgIpc) is 2.38. The summed E-state index contributed by atoms with van der Waals surface area (Å²) in [5.74, 6) is -2.83. The summed E-state index contributed by atoms with van der Waals surface area (Å²) in [6.45, 7) is 0. The van der Waals surface area contributed by atoms with Crippen molar-refractivity contribution in [2.75, 3.05) is 5.32 Å². The molecule has 1 aromatic carbocycles. The fourth-order valence-electron chi connectivity index (χ4n) is 1.67. The molecule has 104 valence electrons. The molecule has 1 aromatic heterocycles. The summed E-state index contributed by atoms with van der Waals surface area (Å²) in [5.41, 5.74) is 0.594. The maximum absolute atomic E-state index is 10.9. The van der Waals surface area contributed by atoms with Crippen molar-refractivity contribution in [2.45, 2.75) is 12.5 Å². The number of aromatic nitrogens is 2. The molecule has 0 radical (unpaired) electrons. The Morgan fingerprint density at radius 1 is 1.30 bits per heavy atom.